The van der Waals surface area contributed by atoms with Gasteiger partial charge in [-0.3, -0.25) is 14.4 Å². The van der Waals surface area contributed by atoms with E-state index >= 15 is 0 Å². The minimum absolute atomic E-state index is 0.176. The molecule has 0 saturated heterocycles. The summed E-state index contributed by atoms with van der Waals surface area (Å²) in [7, 11) is 1.51. The van der Waals surface area contributed by atoms with Crippen molar-refractivity contribution in [2.75, 3.05) is 0 Å². The smallest absolute Gasteiger partial charge is 0.265 e. The Bertz CT molecular complexity index is 1130. The topological polar surface area (TPSA) is 89.5 Å². The summed E-state index contributed by atoms with van der Waals surface area (Å²) in [6.07, 6.45) is 3.60. The van der Waals surface area contributed by atoms with Crippen molar-refractivity contribution >= 4 is 22.8 Å². The van der Waals surface area contributed by atoms with Crippen molar-refractivity contribution in [3.05, 3.63) is 80.1 Å². The van der Waals surface area contributed by atoms with E-state index < -0.39 is 11.3 Å². The second kappa shape index (κ2) is 6.24. The summed E-state index contributed by atoms with van der Waals surface area (Å²) in [6.45, 7) is 1.64. The first-order chi connectivity index (χ1) is 11.9. The average Bonchev–Trinajstić information content (AvgIpc) is 2.59. The molecule has 3 rings (SSSR count). The number of rotatable bonds is 3. The number of pyridine rings is 1. The molecule has 126 valence electrons. The number of para-hydroxylation sites is 1. The van der Waals surface area contributed by atoms with Crippen LogP contribution >= 0.6 is 0 Å². The van der Waals surface area contributed by atoms with Gasteiger partial charge in [0.05, 0.1) is 10.9 Å². The maximum absolute atomic E-state index is 12.4. The highest BCUT2D eigenvalue weighted by Gasteiger charge is 2.16. The third kappa shape index (κ3) is 2.89. The largest absolute Gasteiger partial charge is 0.507 e. The van der Waals surface area contributed by atoms with Gasteiger partial charge in [0.2, 0.25) is 0 Å². The fraction of sp³-hybridized carbons (Fsp3) is 0.105. The summed E-state index contributed by atoms with van der Waals surface area (Å²) >= 11 is 0. The highest BCUT2D eigenvalue weighted by atomic mass is 16.3. The molecule has 6 heteroatoms. The van der Waals surface area contributed by atoms with Gasteiger partial charge in [-0.15, -0.1) is 0 Å². The molecule has 1 aromatic carbocycles. The maximum atomic E-state index is 12.4. The lowest BCUT2D eigenvalue weighted by molar-refractivity contribution is 0.104. The zero-order valence-corrected chi connectivity index (χ0v) is 13.6. The van der Waals surface area contributed by atoms with Crippen LogP contribution in [0.25, 0.3) is 17.0 Å². The summed E-state index contributed by atoms with van der Waals surface area (Å²) in [6, 6.07) is 8.10. The van der Waals surface area contributed by atoms with Crippen LogP contribution in [-0.4, -0.2) is 15.5 Å². The van der Waals surface area contributed by atoms with E-state index in [1.165, 1.54) is 30.0 Å². The van der Waals surface area contributed by atoms with Crippen LogP contribution < -0.4 is 11.0 Å². The monoisotopic (exact) mass is 337 g/mol. The highest BCUT2D eigenvalue weighted by molar-refractivity contribution is 6.08. The van der Waals surface area contributed by atoms with Crippen molar-refractivity contribution in [2.24, 2.45) is 7.05 Å². The number of fused-ring (bicyclic) bond motifs is 1. The Morgan fingerprint density at radius 3 is 2.72 bits per heavy atom. The molecule has 0 fully saturated rings. The van der Waals surface area contributed by atoms with Crippen LogP contribution in [-0.2, 0) is 7.05 Å². The molecule has 0 radical (unpaired) electrons. The Kier molecular flexibility index (Phi) is 4.10. The second-order valence-electron chi connectivity index (χ2n) is 5.62. The molecule has 1 N–H and O–H groups in total. The molecule has 0 aliphatic rings. The van der Waals surface area contributed by atoms with Crippen LogP contribution in [0, 0.1) is 6.92 Å². The summed E-state index contributed by atoms with van der Waals surface area (Å²) in [5, 5.41) is 10.3. The molecule has 2 heterocycles. The normalized spacial score (nSPS) is 11.3. The van der Waals surface area contributed by atoms with Gasteiger partial charge in [-0.25, -0.2) is 0 Å². The summed E-state index contributed by atoms with van der Waals surface area (Å²) < 4.78 is 6.64. The van der Waals surface area contributed by atoms with Crippen molar-refractivity contribution in [3.63, 3.8) is 0 Å². The molecule has 0 saturated carbocycles. The lowest BCUT2D eigenvalue weighted by Crippen LogP contribution is -2.25. The quantitative estimate of drug-likeness (QED) is 0.585. The van der Waals surface area contributed by atoms with Crippen LogP contribution in [0.1, 0.15) is 21.6 Å². The molecule has 0 atom stereocenters. The van der Waals surface area contributed by atoms with Crippen molar-refractivity contribution in [2.45, 2.75) is 6.92 Å². The highest BCUT2D eigenvalue weighted by Crippen LogP contribution is 2.16. The molecular weight excluding hydrogens is 322 g/mol. The molecule has 0 bridgehead atoms. The number of carbonyl (C=O) groups excluding carboxylic acids is 1. The van der Waals surface area contributed by atoms with Gasteiger partial charge < -0.3 is 14.1 Å². The number of nitrogens with zero attached hydrogens (tertiary/aromatic N) is 1. The zero-order valence-electron chi connectivity index (χ0n) is 13.6. The first kappa shape index (κ1) is 16.4. The van der Waals surface area contributed by atoms with Gasteiger partial charge >= 0.3 is 0 Å². The van der Waals surface area contributed by atoms with Gasteiger partial charge in [0, 0.05) is 18.8 Å². The van der Waals surface area contributed by atoms with E-state index in [-0.39, 0.29) is 22.3 Å². The van der Waals surface area contributed by atoms with E-state index in [1.807, 2.05) is 0 Å². The number of hydrogen-bond donors (Lipinski definition) is 1. The zero-order chi connectivity index (χ0) is 18.1. The van der Waals surface area contributed by atoms with Gasteiger partial charge in [0.25, 0.3) is 5.56 Å². The van der Waals surface area contributed by atoms with E-state index in [1.54, 1.807) is 31.2 Å². The number of benzene rings is 1. The molecule has 0 aliphatic heterocycles. The number of hydrogen-bond acceptors (Lipinski definition) is 5. The number of carbonyl (C=O) groups is 1. The molecule has 2 aromatic heterocycles. The fourth-order valence-electron chi connectivity index (χ4n) is 2.49. The molecule has 3 aromatic rings. The Hall–Kier alpha value is -3.41. The van der Waals surface area contributed by atoms with E-state index in [4.69, 9.17) is 4.42 Å². The van der Waals surface area contributed by atoms with Crippen molar-refractivity contribution < 1.29 is 14.3 Å². The van der Waals surface area contributed by atoms with Gasteiger partial charge in [-0.05, 0) is 31.2 Å². The van der Waals surface area contributed by atoms with E-state index in [0.717, 1.165) is 6.08 Å². The number of ketones is 1. The molecular formula is C19H15NO5. The van der Waals surface area contributed by atoms with Gasteiger partial charge in [-0.2, -0.15) is 0 Å². The third-order valence-corrected chi connectivity index (χ3v) is 4.02. The molecule has 0 amide bonds. The molecule has 0 aliphatic carbocycles. The number of aromatic nitrogens is 1. The second-order valence-corrected chi connectivity index (χ2v) is 5.62. The Labute approximate surface area is 142 Å². The van der Waals surface area contributed by atoms with Gasteiger partial charge in [-0.1, -0.05) is 12.1 Å². The third-order valence-electron chi connectivity index (χ3n) is 4.02. The summed E-state index contributed by atoms with van der Waals surface area (Å²) in [5.74, 6) is -1.08. The first-order valence-electron chi connectivity index (χ1n) is 7.52. The van der Waals surface area contributed by atoms with Crippen LogP contribution in [0.15, 0.2) is 56.7 Å². The minimum atomic E-state index is -0.689. The SMILES string of the molecule is Cc1cc(O)c(C(=O)/C=C/c2coc3ccccc3c2=O)c(=O)n1C. The number of aromatic hydroxyl groups is 1. The molecule has 0 spiro atoms. The van der Waals surface area contributed by atoms with Crippen molar-refractivity contribution in [1.82, 2.24) is 4.57 Å². The van der Waals surface area contributed by atoms with Crippen molar-refractivity contribution in [3.8, 4) is 5.75 Å². The fourth-order valence-corrected chi connectivity index (χ4v) is 2.49. The van der Waals surface area contributed by atoms with Crippen LogP contribution in [0.2, 0.25) is 0 Å². The lowest BCUT2D eigenvalue weighted by Gasteiger charge is -2.07. The Morgan fingerprint density at radius 1 is 1.24 bits per heavy atom. The predicted molar refractivity (Wildman–Crippen MR) is 93.9 cm³/mol. The number of allylic oxidation sites excluding steroid dienone is 1. The molecule has 0 unspecified atom stereocenters. The van der Waals surface area contributed by atoms with E-state index in [0.29, 0.717) is 16.7 Å². The molecule has 6 nitrogen and oxygen atoms in total. The minimum Gasteiger partial charge on any atom is -0.507 e. The van der Waals surface area contributed by atoms with E-state index in [9.17, 15) is 19.5 Å². The first-order valence-corrected chi connectivity index (χ1v) is 7.52. The standard InChI is InChI=1S/C19H15NO5/c1-11-9-15(22)17(19(24)20(11)2)14(21)8-7-12-10-25-16-6-4-3-5-13(16)18(12)23/h3-10,22H,1-2H3/b8-7+. The molecule has 25 heavy (non-hydrogen) atoms. The predicted octanol–water partition coefficient (Wildman–Crippen LogP) is 2.40. The van der Waals surface area contributed by atoms with E-state index in [2.05, 4.69) is 0 Å². The summed E-state index contributed by atoms with van der Waals surface area (Å²) in [4.78, 5) is 36.9. The number of aryl methyl sites for hydroxylation is 1. The van der Waals surface area contributed by atoms with Crippen LogP contribution in [0.3, 0.4) is 0 Å². The van der Waals surface area contributed by atoms with Crippen molar-refractivity contribution in [1.29, 1.82) is 0 Å². The van der Waals surface area contributed by atoms with Crippen LogP contribution in [0.4, 0.5) is 0 Å². The average molecular weight is 337 g/mol. The Morgan fingerprint density at radius 2 is 1.96 bits per heavy atom. The maximum Gasteiger partial charge on any atom is 0.265 e. The Balaban J connectivity index is 2.03. The van der Waals surface area contributed by atoms with Gasteiger partial charge in [0.15, 0.2) is 11.2 Å². The lowest BCUT2D eigenvalue weighted by atomic mass is 10.1. The van der Waals surface area contributed by atoms with Gasteiger partial charge in [0.1, 0.15) is 23.2 Å². The van der Waals surface area contributed by atoms with Crippen LogP contribution in [0.5, 0.6) is 5.75 Å². The summed E-state index contributed by atoms with van der Waals surface area (Å²) in [5.41, 5.74) is -0.0751.